The van der Waals surface area contributed by atoms with E-state index in [0.717, 1.165) is 5.56 Å². The van der Waals surface area contributed by atoms with Crippen LogP contribution in [0.1, 0.15) is 18.4 Å². The first-order valence-corrected chi connectivity index (χ1v) is 7.04. The van der Waals surface area contributed by atoms with Crippen LogP contribution in [0.3, 0.4) is 0 Å². The summed E-state index contributed by atoms with van der Waals surface area (Å²) in [6.07, 6.45) is 2.39. The van der Waals surface area contributed by atoms with Gasteiger partial charge in [0.25, 0.3) is 0 Å². The molecule has 2 aromatic carbocycles. The summed E-state index contributed by atoms with van der Waals surface area (Å²) in [5.41, 5.74) is 0.826. The molecule has 0 unspecified atom stereocenters. The standard InChI is InChI=1S/C16H15ClFNO/c17-12-1-6-15(7-2-12)20-16-8-3-13(18)9-11(16)10-19-14-4-5-14/h1-3,6-9,14,19H,4-5,10H2. The number of nitrogens with one attached hydrogen (secondary N) is 1. The monoisotopic (exact) mass is 291 g/mol. The number of hydrogen-bond donors (Lipinski definition) is 1. The molecule has 1 saturated carbocycles. The third-order valence-electron chi connectivity index (χ3n) is 3.22. The van der Waals surface area contributed by atoms with E-state index in [0.29, 0.717) is 29.1 Å². The molecule has 0 spiro atoms. The van der Waals surface area contributed by atoms with Gasteiger partial charge in [-0.1, -0.05) is 11.6 Å². The second-order valence-corrected chi connectivity index (χ2v) is 5.40. The average Bonchev–Trinajstić information content (AvgIpc) is 3.25. The van der Waals surface area contributed by atoms with Gasteiger partial charge >= 0.3 is 0 Å². The molecule has 1 aliphatic rings. The van der Waals surface area contributed by atoms with Gasteiger partial charge in [0.05, 0.1) is 0 Å². The second kappa shape index (κ2) is 5.81. The van der Waals surface area contributed by atoms with Crippen molar-refractivity contribution in [1.82, 2.24) is 5.32 Å². The molecule has 20 heavy (non-hydrogen) atoms. The van der Waals surface area contributed by atoms with Crippen molar-refractivity contribution in [2.24, 2.45) is 0 Å². The molecule has 2 nitrogen and oxygen atoms in total. The second-order valence-electron chi connectivity index (χ2n) is 4.96. The zero-order chi connectivity index (χ0) is 13.9. The molecule has 1 fully saturated rings. The van der Waals surface area contributed by atoms with Gasteiger partial charge in [0.1, 0.15) is 17.3 Å². The highest BCUT2D eigenvalue weighted by Crippen LogP contribution is 2.28. The lowest BCUT2D eigenvalue weighted by molar-refractivity contribution is 0.469. The van der Waals surface area contributed by atoms with E-state index in [-0.39, 0.29) is 5.82 Å². The first-order valence-electron chi connectivity index (χ1n) is 6.66. The van der Waals surface area contributed by atoms with Gasteiger partial charge in [0, 0.05) is 23.2 Å². The van der Waals surface area contributed by atoms with Gasteiger partial charge < -0.3 is 10.1 Å². The van der Waals surface area contributed by atoms with Crippen LogP contribution >= 0.6 is 11.6 Å². The van der Waals surface area contributed by atoms with E-state index in [4.69, 9.17) is 16.3 Å². The van der Waals surface area contributed by atoms with E-state index >= 15 is 0 Å². The Morgan fingerprint density at radius 2 is 1.90 bits per heavy atom. The maximum atomic E-state index is 13.4. The highest BCUT2D eigenvalue weighted by molar-refractivity contribution is 6.30. The van der Waals surface area contributed by atoms with Gasteiger partial charge in [0.2, 0.25) is 0 Å². The first kappa shape index (κ1) is 13.4. The first-order chi connectivity index (χ1) is 9.70. The Kier molecular flexibility index (Phi) is 3.90. The zero-order valence-electron chi connectivity index (χ0n) is 10.9. The molecule has 0 amide bonds. The smallest absolute Gasteiger partial charge is 0.132 e. The van der Waals surface area contributed by atoms with Gasteiger partial charge in [-0.25, -0.2) is 4.39 Å². The van der Waals surface area contributed by atoms with E-state index < -0.39 is 0 Å². The minimum Gasteiger partial charge on any atom is -0.457 e. The largest absolute Gasteiger partial charge is 0.457 e. The lowest BCUT2D eigenvalue weighted by Crippen LogP contribution is -2.15. The molecule has 0 atom stereocenters. The quantitative estimate of drug-likeness (QED) is 0.874. The minimum absolute atomic E-state index is 0.249. The van der Waals surface area contributed by atoms with Gasteiger partial charge in [-0.2, -0.15) is 0 Å². The summed E-state index contributed by atoms with van der Waals surface area (Å²) >= 11 is 5.84. The molecule has 0 aromatic heterocycles. The van der Waals surface area contributed by atoms with Gasteiger partial charge in [0.15, 0.2) is 0 Å². The van der Waals surface area contributed by atoms with E-state index in [1.54, 1.807) is 30.3 Å². The van der Waals surface area contributed by atoms with Crippen molar-refractivity contribution in [3.05, 3.63) is 58.9 Å². The Morgan fingerprint density at radius 1 is 1.15 bits per heavy atom. The Bertz CT molecular complexity index is 596. The maximum Gasteiger partial charge on any atom is 0.132 e. The normalized spacial score (nSPS) is 14.3. The topological polar surface area (TPSA) is 21.3 Å². The van der Waals surface area contributed by atoms with Crippen molar-refractivity contribution >= 4 is 11.6 Å². The van der Waals surface area contributed by atoms with Crippen LogP contribution in [-0.4, -0.2) is 6.04 Å². The van der Waals surface area contributed by atoms with Crippen LogP contribution in [0, 0.1) is 5.82 Å². The fourth-order valence-corrected chi connectivity index (χ4v) is 2.08. The average molecular weight is 292 g/mol. The number of benzene rings is 2. The number of ether oxygens (including phenoxy) is 1. The van der Waals surface area contributed by atoms with Crippen LogP contribution in [0.5, 0.6) is 11.5 Å². The molecule has 3 rings (SSSR count). The van der Waals surface area contributed by atoms with Crippen LogP contribution < -0.4 is 10.1 Å². The summed E-state index contributed by atoms with van der Waals surface area (Å²) in [4.78, 5) is 0. The molecule has 2 aromatic rings. The van der Waals surface area contributed by atoms with Gasteiger partial charge in [-0.15, -0.1) is 0 Å². The molecule has 0 bridgehead atoms. The molecule has 104 valence electrons. The van der Waals surface area contributed by atoms with Crippen molar-refractivity contribution in [1.29, 1.82) is 0 Å². The van der Waals surface area contributed by atoms with E-state index in [2.05, 4.69) is 5.32 Å². The SMILES string of the molecule is Fc1ccc(Oc2ccc(Cl)cc2)c(CNC2CC2)c1. The van der Waals surface area contributed by atoms with E-state index in [9.17, 15) is 4.39 Å². The third kappa shape index (κ3) is 3.50. The highest BCUT2D eigenvalue weighted by atomic mass is 35.5. The fourth-order valence-electron chi connectivity index (χ4n) is 1.96. The Balaban J connectivity index is 1.77. The van der Waals surface area contributed by atoms with Crippen molar-refractivity contribution in [2.75, 3.05) is 0 Å². The van der Waals surface area contributed by atoms with Gasteiger partial charge in [-0.3, -0.25) is 0 Å². The lowest BCUT2D eigenvalue weighted by Gasteiger charge is -2.12. The van der Waals surface area contributed by atoms with Gasteiger partial charge in [-0.05, 0) is 55.3 Å². The number of rotatable bonds is 5. The number of halogens is 2. The molecule has 0 aliphatic heterocycles. The van der Waals surface area contributed by atoms with Crippen LogP contribution in [0.2, 0.25) is 5.02 Å². The summed E-state index contributed by atoms with van der Waals surface area (Å²) in [6, 6.07) is 12.3. The van der Waals surface area contributed by atoms with E-state index in [1.807, 2.05) is 0 Å². The number of hydrogen-bond acceptors (Lipinski definition) is 2. The maximum absolute atomic E-state index is 13.4. The van der Waals surface area contributed by atoms with Crippen LogP contribution in [0.25, 0.3) is 0 Å². The Hall–Kier alpha value is -1.58. The van der Waals surface area contributed by atoms with Crippen LogP contribution in [0.15, 0.2) is 42.5 Å². The lowest BCUT2D eigenvalue weighted by atomic mass is 10.2. The molecule has 0 heterocycles. The molecule has 0 radical (unpaired) electrons. The predicted octanol–water partition coefficient (Wildman–Crippen LogP) is 4.52. The Labute approximate surface area is 122 Å². The third-order valence-corrected chi connectivity index (χ3v) is 3.47. The summed E-state index contributed by atoms with van der Waals surface area (Å²) in [7, 11) is 0. The Morgan fingerprint density at radius 3 is 2.60 bits per heavy atom. The van der Waals surface area contributed by atoms with Crippen molar-refractivity contribution in [3.8, 4) is 11.5 Å². The molecular weight excluding hydrogens is 277 g/mol. The van der Waals surface area contributed by atoms with Crippen LogP contribution in [-0.2, 0) is 6.54 Å². The molecule has 1 N–H and O–H groups in total. The zero-order valence-corrected chi connectivity index (χ0v) is 11.7. The molecule has 4 heteroatoms. The molecular formula is C16H15ClFNO. The predicted molar refractivity (Wildman–Crippen MR) is 77.8 cm³/mol. The van der Waals surface area contributed by atoms with Crippen molar-refractivity contribution in [3.63, 3.8) is 0 Å². The van der Waals surface area contributed by atoms with Crippen LogP contribution in [0.4, 0.5) is 4.39 Å². The minimum atomic E-state index is -0.249. The summed E-state index contributed by atoms with van der Waals surface area (Å²) in [6.45, 7) is 0.616. The highest BCUT2D eigenvalue weighted by Gasteiger charge is 2.20. The van der Waals surface area contributed by atoms with Crippen molar-refractivity contribution in [2.45, 2.75) is 25.4 Å². The fraction of sp³-hybridized carbons (Fsp3) is 0.250. The summed E-state index contributed by atoms with van der Waals surface area (Å²) in [5, 5.41) is 4.03. The summed E-state index contributed by atoms with van der Waals surface area (Å²) < 4.78 is 19.2. The van der Waals surface area contributed by atoms with E-state index in [1.165, 1.54) is 25.0 Å². The molecule has 0 saturated heterocycles. The molecule has 1 aliphatic carbocycles. The summed E-state index contributed by atoms with van der Waals surface area (Å²) in [5.74, 6) is 1.11. The van der Waals surface area contributed by atoms with Crippen molar-refractivity contribution < 1.29 is 9.13 Å².